The van der Waals surface area contributed by atoms with E-state index in [4.69, 9.17) is 15.2 Å². The normalized spacial score (nSPS) is 17.5. The van der Waals surface area contributed by atoms with Gasteiger partial charge in [0.1, 0.15) is 11.6 Å². The van der Waals surface area contributed by atoms with Crippen molar-refractivity contribution in [2.45, 2.75) is 45.5 Å². The Morgan fingerprint density at radius 1 is 1.15 bits per heavy atom. The predicted molar refractivity (Wildman–Crippen MR) is 143 cm³/mol. The summed E-state index contributed by atoms with van der Waals surface area (Å²) in [5.41, 5.74) is 5.80. The number of nitrogens with two attached hydrogens (primary N) is 1. The summed E-state index contributed by atoms with van der Waals surface area (Å²) in [6.07, 6.45) is -4.20. The van der Waals surface area contributed by atoms with Crippen LogP contribution < -0.4 is 20.5 Å². The Morgan fingerprint density at radius 3 is 2.59 bits per heavy atom. The Kier molecular flexibility index (Phi) is 8.05. The third-order valence-electron chi connectivity index (χ3n) is 6.73. The van der Waals surface area contributed by atoms with Gasteiger partial charge in [0.15, 0.2) is 11.5 Å². The topological polar surface area (TPSA) is 106 Å². The van der Waals surface area contributed by atoms with Crippen LogP contribution in [0, 0.1) is 6.92 Å². The SMILES string of the molecule is COc1cc2nc(C)nc(N[C@H](C)c3cc(N)cc(C(F)(F)F)c3)c2cc1OC(=O)N1CCCN(C)C[C@H]1C. The van der Waals surface area contributed by atoms with Gasteiger partial charge in [-0.2, -0.15) is 13.2 Å². The van der Waals surface area contributed by atoms with E-state index in [0.717, 1.165) is 31.6 Å². The molecule has 2 atom stereocenters. The maximum absolute atomic E-state index is 13.4. The smallest absolute Gasteiger partial charge is 0.416 e. The first-order valence-electron chi connectivity index (χ1n) is 12.6. The first kappa shape index (κ1) is 28.2. The van der Waals surface area contributed by atoms with Crippen molar-refractivity contribution in [3.05, 3.63) is 47.3 Å². The number of nitrogen functional groups attached to an aromatic ring is 1. The number of hydrogen-bond acceptors (Lipinski definition) is 8. The summed E-state index contributed by atoms with van der Waals surface area (Å²) < 4.78 is 51.4. The highest BCUT2D eigenvalue weighted by molar-refractivity contribution is 5.92. The number of amides is 1. The molecule has 3 N–H and O–H groups in total. The van der Waals surface area contributed by atoms with Crippen molar-refractivity contribution in [3.8, 4) is 11.5 Å². The van der Waals surface area contributed by atoms with Gasteiger partial charge in [0.25, 0.3) is 0 Å². The largest absolute Gasteiger partial charge is 0.493 e. The number of nitrogens with one attached hydrogen (secondary N) is 1. The summed E-state index contributed by atoms with van der Waals surface area (Å²) in [6.45, 7) is 7.56. The van der Waals surface area contributed by atoms with Crippen LogP contribution in [0.2, 0.25) is 0 Å². The molecule has 0 spiro atoms. The van der Waals surface area contributed by atoms with Gasteiger partial charge in [-0.25, -0.2) is 14.8 Å². The van der Waals surface area contributed by atoms with Crippen LogP contribution in [0.1, 0.15) is 43.3 Å². The van der Waals surface area contributed by atoms with Crippen molar-refractivity contribution >= 4 is 28.5 Å². The van der Waals surface area contributed by atoms with Crippen LogP contribution in [0.15, 0.2) is 30.3 Å². The summed E-state index contributed by atoms with van der Waals surface area (Å²) in [6, 6.07) is 6.06. The molecular weight excluding hydrogens is 513 g/mol. The average molecular weight is 547 g/mol. The highest BCUT2D eigenvalue weighted by Gasteiger charge is 2.32. The number of fused-ring (bicyclic) bond motifs is 1. The number of aromatic nitrogens is 2. The maximum Gasteiger partial charge on any atom is 0.416 e. The Morgan fingerprint density at radius 2 is 1.90 bits per heavy atom. The summed E-state index contributed by atoms with van der Waals surface area (Å²) in [4.78, 5) is 26.0. The summed E-state index contributed by atoms with van der Waals surface area (Å²) in [7, 11) is 3.48. The number of methoxy groups -OCH3 is 1. The molecular formula is C27H33F3N6O3. The van der Waals surface area contributed by atoms with Gasteiger partial charge in [0.05, 0.1) is 24.2 Å². The Balaban J connectivity index is 1.68. The molecule has 2 aromatic carbocycles. The number of aryl methyl sites for hydroxylation is 1. The molecule has 0 radical (unpaired) electrons. The molecule has 0 saturated carbocycles. The Hall–Kier alpha value is -3.80. The van der Waals surface area contributed by atoms with Crippen LogP contribution in [-0.4, -0.2) is 65.7 Å². The number of hydrogen-bond donors (Lipinski definition) is 2. The summed E-state index contributed by atoms with van der Waals surface area (Å²) >= 11 is 0. The van der Waals surface area contributed by atoms with E-state index in [1.165, 1.54) is 13.2 Å². The molecule has 0 aliphatic carbocycles. The first-order chi connectivity index (χ1) is 18.3. The molecule has 9 nitrogen and oxygen atoms in total. The van der Waals surface area contributed by atoms with Crippen molar-refractivity contribution in [1.29, 1.82) is 0 Å². The lowest BCUT2D eigenvalue weighted by atomic mass is 10.0. The third kappa shape index (κ3) is 6.44. The molecule has 0 unspecified atom stereocenters. The fraction of sp³-hybridized carbons (Fsp3) is 0.444. The van der Waals surface area contributed by atoms with Crippen LogP contribution in [0.3, 0.4) is 0 Å². The number of benzene rings is 2. The van der Waals surface area contributed by atoms with Gasteiger partial charge in [0.2, 0.25) is 0 Å². The average Bonchev–Trinajstić information content (AvgIpc) is 3.02. The molecule has 210 valence electrons. The van der Waals surface area contributed by atoms with Crippen molar-refractivity contribution in [2.75, 3.05) is 44.8 Å². The number of nitrogens with zero attached hydrogens (tertiary/aromatic N) is 4. The van der Waals surface area contributed by atoms with E-state index in [2.05, 4.69) is 20.2 Å². The van der Waals surface area contributed by atoms with E-state index in [-0.39, 0.29) is 17.5 Å². The van der Waals surface area contributed by atoms with Gasteiger partial charge in [-0.15, -0.1) is 0 Å². The van der Waals surface area contributed by atoms with Crippen LogP contribution >= 0.6 is 0 Å². The molecule has 12 heteroatoms. The zero-order valence-electron chi connectivity index (χ0n) is 22.6. The molecule has 4 rings (SSSR count). The predicted octanol–water partition coefficient (Wildman–Crippen LogP) is 5.25. The molecule has 1 amide bonds. The first-order valence-corrected chi connectivity index (χ1v) is 12.6. The van der Waals surface area contributed by atoms with Crippen molar-refractivity contribution in [1.82, 2.24) is 19.8 Å². The third-order valence-corrected chi connectivity index (χ3v) is 6.73. The number of anilines is 2. The Bertz CT molecular complexity index is 1370. The van der Waals surface area contributed by atoms with Crippen LogP contribution in [0.4, 0.5) is 29.5 Å². The lowest BCUT2D eigenvalue weighted by Crippen LogP contribution is -2.43. The van der Waals surface area contributed by atoms with Gasteiger partial charge < -0.3 is 30.3 Å². The van der Waals surface area contributed by atoms with Crippen LogP contribution in [0.5, 0.6) is 11.5 Å². The van der Waals surface area contributed by atoms with Crippen molar-refractivity contribution in [3.63, 3.8) is 0 Å². The summed E-state index contributed by atoms with van der Waals surface area (Å²) in [5.74, 6) is 1.31. The highest BCUT2D eigenvalue weighted by Crippen LogP contribution is 2.37. The van der Waals surface area contributed by atoms with E-state index >= 15 is 0 Å². The standard InChI is InChI=1S/C27H33F3N6O3/c1-15-14-35(4)7-6-8-36(15)26(37)39-24-12-21-22(13-23(24)38-5)33-17(3)34-25(21)32-16(2)18-9-19(27(28,29)30)11-20(31)10-18/h9-13,15-16H,6-8,14,31H2,1-5H3,(H,32,33,34)/t15-,16-/m1/s1. The fourth-order valence-corrected chi connectivity index (χ4v) is 4.78. The number of carbonyl (C=O) groups excluding carboxylic acids is 1. The van der Waals surface area contributed by atoms with Crippen molar-refractivity contribution in [2.24, 2.45) is 0 Å². The lowest BCUT2D eigenvalue weighted by molar-refractivity contribution is -0.137. The second-order valence-electron chi connectivity index (χ2n) is 9.92. The number of carbonyl (C=O) groups is 1. The van der Waals surface area contributed by atoms with Crippen molar-refractivity contribution < 1.29 is 27.4 Å². The second-order valence-corrected chi connectivity index (χ2v) is 9.92. The molecule has 0 bridgehead atoms. The fourth-order valence-electron chi connectivity index (χ4n) is 4.78. The van der Waals surface area contributed by atoms with Gasteiger partial charge >= 0.3 is 12.3 Å². The zero-order chi connectivity index (χ0) is 28.5. The summed E-state index contributed by atoms with van der Waals surface area (Å²) in [5, 5.41) is 3.69. The quantitative estimate of drug-likeness (QED) is 0.419. The monoisotopic (exact) mass is 546 g/mol. The van der Waals surface area contributed by atoms with Gasteiger partial charge in [-0.1, -0.05) is 0 Å². The van der Waals surface area contributed by atoms with E-state index in [1.54, 1.807) is 30.9 Å². The molecule has 2 heterocycles. The molecule has 1 aliphatic rings. The minimum atomic E-state index is -4.53. The molecule has 3 aromatic rings. The molecule has 1 fully saturated rings. The Labute approximate surface area is 225 Å². The van der Waals surface area contributed by atoms with Crippen LogP contribution in [0.25, 0.3) is 10.9 Å². The maximum atomic E-state index is 13.4. The molecule has 1 aromatic heterocycles. The van der Waals surface area contributed by atoms with Gasteiger partial charge in [-0.05, 0) is 70.6 Å². The van der Waals surface area contributed by atoms with Gasteiger partial charge in [0, 0.05) is 36.3 Å². The minimum Gasteiger partial charge on any atom is -0.493 e. The minimum absolute atomic E-state index is 0.00470. The van der Waals surface area contributed by atoms with E-state index in [9.17, 15) is 18.0 Å². The number of rotatable bonds is 5. The van der Waals surface area contributed by atoms with E-state index in [1.807, 2.05) is 14.0 Å². The lowest BCUT2D eigenvalue weighted by Gasteiger charge is -2.27. The number of likely N-dealkylation sites (N-methyl/N-ethyl adjacent to an activating group) is 1. The number of alkyl halides is 3. The van der Waals surface area contributed by atoms with E-state index < -0.39 is 23.9 Å². The molecule has 1 aliphatic heterocycles. The molecule has 39 heavy (non-hydrogen) atoms. The van der Waals surface area contributed by atoms with Gasteiger partial charge in [-0.3, -0.25) is 0 Å². The highest BCUT2D eigenvalue weighted by atomic mass is 19.4. The second kappa shape index (κ2) is 11.1. The number of ether oxygens (including phenoxy) is 2. The zero-order valence-corrected chi connectivity index (χ0v) is 22.6. The molecule has 1 saturated heterocycles. The number of halogens is 3. The van der Waals surface area contributed by atoms with E-state index in [0.29, 0.717) is 40.4 Å². The van der Waals surface area contributed by atoms with Crippen LogP contribution in [-0.2, 0) is 6.18 Å².